The summed E-state index contributed by atoms with van der Waals surface area (Å²) in [5, 5.41) is 121. The molecule has 17 unspecified atom stereocenters. The molecular formula is C78H141NO18. The van der Waals surface area contributed by atoms with Gasteiger partial charge in [0, 0.05) is 6.42 Å². The van der Waals surface area contributed by atoms with Crippen molar-refractivity contribution in [2.24, 2.45) is 0 Å². The van der Waals surface area contributed by atoms with Crippen LogP contribution in [-0.4, -0.2) is 193 Å². The summed E-state index contributed by atoms with van der Waals surface area (Å²) in [6.45, 7) is 1.69. The van der Waals surface area contributed by atoms with Crippen LogP contribution in [0.15, 0.2) is 60.8 Å². The molecule has 3 aliphatic heterocycles. The maximum Gasteiger partial charge on any atom is 0.220 e. The number of allylic oxidation sites excluding steroid dienone is 10. The molecule has 3 saturated heterocycles. The molecule has 19 heteroatoms. The molecule has 3 aliphatic rings. The van der Waals surface area contributed by atoms with Gasteiger partial charge in [-0.1, -0.05) is 293 Å². The lowest BCUT2D eigenvalue weighted by Gasteiger charge is -2.48. The zero-order valence-corrected chi connectivity index (χ0v) is 60.3. The summed E-state index contributed by atoms with van der Waals surface area (Å²) >= 11 is 0. The van der Waals surface area contributed by atoms with Gasteiger partial charge in [-0.2, -0.15) is 0 Å². The zero-order chi connectivity index (χ0) is 70.4. The minimum absolute atomic E-state index is 0.225. The molecule has 0 spiro atoms. The Kier molecular flexibility index (Phi) is 53.9. The van der Waals surface area contributed by atoms with Gasteiger partial charge in [-0.15, -0.1) is 0 Å². The molecule has 0 aromatic heterocycles. The minimum atomic E-state index is -1.98. The van der Waals surface area contributed by atoms with E-state index in [2.05, 4.69) is 79.9 Å². The molecule has 3 fully saturated rings. The Hall–Kier alpha value is -2.51. The summed E-state index contributed by atoms with van der Waals surface area (Å²) < 4.78 is 34.5. The number of aliphatic hydroxyl groups excluding tert-OH is 11. The van der Waals surface area contributed by atoms with E-state index in [1.807, 2.05) is 0 Å². The highest BCUT2D eigenvalue weighted by molar-refractivity contribution is 5.76. The summed E-state index contributed by atoms with van der Waals surface area (Å²) in [6, 6.07) is -0.910. The number of amides is 1. The van der Waals surface area contributed by atoms with Crippen molar-refractivity contribution in [3.8, 4) is 0 Å². The molecule has 0 saturated carbocycles. The smallest absolute Gasteiger partial charge is 0.220 e. The molecule has 566 valence electrons. The van der Waals surface area contributed by atoms with Crippen molar-refractivity contribution in [1.29, 1.82) is 0 Å². The van der Waals surface area contributed by atoms with Gasteiger partial charge in [-0.05, 0) is 57.8 Å². The van der Waals surface area contributed by atoms with Crippen LogP contribution >= 0.6 is 0 Å². The quantitative estimate of drug-likeness (QED) is 0.0199. The van der Waals surface area contributed by atoms with Gasteiger partial charge in [0.1, 0.15) is 73.2 Å². The molecule has 0 aromatic rings. The van der Waals surface area contributed by atoms with E-state index in [1.165, 1.54) is 186 Å². The number of hydrogen-bond acceptors (Lipinski definition) is 18. The fraction of sp³-hybridized carbons (Fsp3) is 0.859. The van der Waals surface area contributed by atoms with Gasteiger partial charge in [0.15, 0.2) is 18.9 Å². The van der Waals surface area contributed by atoms with Crippen LogP contribution in [0.25, 0.3) is 0 Å². The largest absolute Gasteiger partial charge is 0.394 e. The van der Waals surface area contributed by atoms with Crippen LogP contribution in [0.5, 0.6) is 0 Å². The molecule has 0 radical (unpaired) electrons. The monoisotopic (exact) mass is 1380 g/mol. The van der Waals surface area contributed by atoms with Crippen LogP contribution in [0.1, 0.15) is 296 Å². The lowest BCUT2D eigenvalue weighted by molar-refractivity contribution is -0.379. The fourth-order valence-corrected chi connectivity index (χ4v) is 13.1. The second-order valence-electron chi connectivity index (χ2n) is 27.8. The van der Waals surface area contributed by atoms with Crippen molar-refractivity contribution in [2.45, 2.75) is 401 Å². The Bertz CT molecular complexity index is 1990. The SMILES string of the molecule is CC/C=C\C/C=C\C/C=C\C/C=C\C/C=C\CCCCCC(=O)NC(COC1OC(CO)C(OC2OC(CO)C(OC3OC(CO)C(O)C(O)C3O)C(O)C2O)C(O)C1O)C(O)CCCCCCCCCCCCCCCCCCCCCCCCCCCCCCCCCCC. The second kappa shape index (κ2) is 58.9. The number of unbranched alkanes of at least 4 members (excludes halogenated alkanes) is 35. The van der Waals surface area contributed by atoms with Crippen molar-refractivity contribution in [3.05, 3.63) is 60.8 Å². The molecular weight excluding hydrogens is 1240 g/mol. The lowest BCUT2D eigenvalue weighted by atomic mass is 9.96. The van der Waals surface area contributed by atoms with Crippen molar-refractivity contribution < 1.29 is 89.4 Å². The van der Waals surface area contributed by atoms with E-state index >= 15 is 0 Å². The van der Waals surface area contributed by atoms with E-state index in [4.69, 9.17) is 28.4 Å². The van der Waals surface area contributed by atoms with Gasteiger partial charge in [0.2, 0.25) is 5.91 Å². The first-order chi connectivity index (χ1) is 47.3. The van der Waals surface area contributed by atoms with Gasteiger partial charge >= 0.3 is 0 Å². The highest BCUT2D eigenvalue weighted by atomic mass is 16.8. The number of carbonyl (C=O) groups is 1. The Morgan fingerprint density at radius 3 is 1.10 bits per heavy atom. The maximum absolute atomic E-state index is 13.4. The molecule has 19 nitrogen and oxygen atoms in total. The normalized spacial score (nSPS) is 27.2. The van der Waals surface area contributed by atoms with Crippen molar-refractivity contribution in [1.82, 2.24) is 5.32 Å². The van der Waals surface area contributed by atoms with Crippen LogP contribution in [0.4, 0.5) is 0 Å². The second-order valence-corrected chi connectivity index (χ2v) is 27.8. The van der Waals surface area contributed by atoms with Crippen molar-refractivity contribution in [2.75, 3.05) is 26.4 Å². The number of aliphatic hydroxyl groups is 11. The predicted octanol–water partition coefficient (Wildman–Crippen LogP) is 12.3. The molecule has 0 aliphatic carbocycles. The minimum Gasteiger partial charge on any atom is -0.394 e. The molecule has 3 heterocycles. The summed E-state index contributed by atoms with van der Waals surface area (Å²) in [5.74, 6) is -0.272. The molecule has 1 amide bonds. The van der Waals surface area contributed by atoms with Gasteiger partial charge in [0.05, 0.1) is 38.6 Å². The molecule has 3 rings (SSSR count). The summed E-state index contributed by atoms with van der Waals surface area (Å²) in [4.78, 5) is 13.4. The molecule has 0 aromatic carbocycles. The number of nitrogens with one attached hydrogen (secondary N) is 1. The number of carbonyl (C=O) groups excluding carboxylic acids is 1. The van der Waals surface area contributed by atoms with E-state index in [9.17, 15) is 61.0 Å². The zero-order valence-electron chi connectivity index (χ0n) is 60.3. The molecule has 17 atom stereocenters. The lowest BCUT2D eigenvalue weighted by Crippen LogP contribution is -2.66. The summed E-state index contributed by atoms with van der Waals surface area (Å²) in [5.41, 5.74) is 0. The van der Waals surface area contributed by atoms with Gasteiger partial charge in [-0.25, -0.2) is 0 Å². The Labute approximate surface area is 586 Å². The maximum atomic E-state index is 13.4. The third-order valence-electron chi connectivity index (χ3n) is 19.4. The van der Waals surface area contributed by atoms with Gasteiger partial charge in [0.25, 0.3) is 0 Å². The third-order valence-corrected chi connectivity index (χ3v) is 19.4. The first kappa shape index (κ1) is 88.7. The van der Waals surface area contributed by atoms with Gasteiger partial charge in [-0.3, -0.25) is 4.79 Å². The highest BCUT2D eigenvalue weighted by Gasteiger charge is 2.54. The average molecular weight is 1380 g/mol. The highest BCUT2D eigenvalue weighted by Crippen LogP contribution is 2.33. The first-order valence-electron chi connectivity index (χ1n) is 39.0. The van der Waals surface area contributed by atoms with Crippen LogP contribution < -0.4 is 5.32 Å². The van der Waals surface area contributed by atoms with E-state index in [0.717, 1.165) is 77.0 Å². The Morgan fingerprint density at radius 2 is 0.711 bits per heavy atom. The van der Waals surface area contributed by atoms with Gasteiger partial charge < -0.3 is 89.9 Å². The Morgan fingerprint density at radius 1 is 0.381 bits per heavy atom. The van der Waals surface area contributed by atoms with Crippen LogP contribution in [-0.2, 0) is 33.2 Å². The third kappa shape index (κ3) is 39.6. The predicted molar refractivity (Wildman–Crippen MR) is 383 cm³/mol. The number of hydrogen-bond donors (Lipinski definition) is 12. The van der Waals surface area contributed by atoms with E-state index < -0.39 is 124 Å². The molecule has 12 N–H and O–H groups in total. The van der Waals surface area contributed by atoms with E-state index in [0.29, 0.717) is 12.8 Å². The standard InChI is InChI=1S/C78H141NO18/c1-3-5-7-9-11-13-15-17-19-21-23-24-25-26-27-28-29-30-31-32-33-34-35-36-38-39-41-43-45-47-49-51-53-55-62(83)61(79-66(84)56-54-52-50-48-46-44-42-40-37-22-20-18-16-14-12-10-8-6-4-2)60-92-76-72(90)69(87)74(64(58-81)94-76)97-78-73(91)70(88)75(65(59-82)95-78)96-77-71(89)68(86)67(85)63(57-80)93-77/h6,8,12,14,18,20,37,40,44,46,61-65,67-78,80-83,85-91H,3-5,7,9-11,13,15-17,19,21-36,38-39,41-43,45,47-60H2,1-2H3,(H,79,84)/b8-6-,14-12-,20-18-,40-37-,46-44-. The number of rotatable bonds is 61. The first-order valence-corrected chi connectivity index (χ1v) is 39.0. The van der Waals surface area contributed by atoms with E-state index in [-0.39, 0.29) is 18.9 Å². The molecule has 97 heavy (non-hydrogen) atoms. The fourth-order valence-electron chi connectivity index (χ4n) is 13.1. The summed E-state index contributed by atoms with van der Waals surface area (Å²) in [7, 11) is 0. The van der Waals surface area contributed by atoms with Crippen LogP contribution in [0.3, 0.4) is 0 Å². The number of ether oxygens (including phenoxy) is 6. The average Bonchev–Trinajstić information content (AvgIpc) is 0.795. The van der Waals surface area contributed by atoms with Crippen molar-refractivity contribution in [3.63, 3.8) is 0 Å². The van der Waals surface area contributed by atoms with Crippen LogP contribution in [0.2, 0.25) is 0 Å². The Balaban J connectivity index is 1.36. The topological polar surface area (TPSA) is 307 Å². The summed E-state index contributed by atoms with van der Waals surface area (Å²) in [6.07, 6.45) is 47.5. The van der Waals surface area contributed by atoms with Crippen LogP contribution in [0, 0.1) is 0 Å². The molecule has 0 bridgehead atoms. The van der Waals surface area contributed by atoms with E-state index in [1.54, 1.807) is 0 Å². The van der Waals surface area contributed by atoms with Crippen molar-refractivity contribution >= 4 is 5.91 Å².